The van der Waals surface area contributed by atoms with Crippen LogP contribution in [-0.4, -0.2) is 34.8 Å². The Morgan fingerprint density at radius 3 is 2.53 bits per heavy atom. The highest BCUT2D eigenvalue weighted by Gasteiger charge is 2.26. The average molecular weight is 238 g/mol. The maximum Gasteiger partial charge on any atom is 0.194 e. The number of hydrogen-bond donors (Lipinski definition) is 2. The van der Waals surface area contributed by atoms with Gasteiger partial charge < -0.3 is 14.9 Å². The van der Waals surface area contributed by atoms with E-state index in [-0.39, 0.29) is 19.0 Å². The summed E-state index contributed by atoms with van der Waals surface area (Å²) in [4.78, 5) is 11.9. The van der Waals surface area contributed by atoms with Gasteiger partial charge >= 0.3 is 0 Å². The smallest absolute Gasteiger partial charge is 0.194 e. The fraction of sp³-hybridized carbons (Fsp3) is 0.462. The van der Waals surface area contributed by atoms with E-state index in [0.29, 0.717) is 11.3 Å². The van der Waals surface area contributed by atoms with Crippen LogP contribution in [-0.2, 0) is 0 Å². The van der Waals surface area contributed by atoms with Gasteiger partial charge in [0.2, 0.25) is 0 Å². The first-order chi connectivity index (χ1) is 7.86. The average Bonchev–Trinajstić information content (AvgIpc) is 2.24. The van der Waals surface area contributed by atoms with E-state index in [9.17, 15) is 9.90 Å². The van der Waals surface area contributed by atoms with Gasteiger partial charge in [-0.3, -0.25) is 4.79 Å². The van der Waals surface area contributed by atoms with E-state index in [4.69, 9.17) is 9.84 Å². The standard InChI is InChI=1S/C13H18O4/c1-9-8-10(17-7-6-14)4-5-11(9)12(15)13(2,3)16/h4-5,8,14,16H,6-7H2,1-3H3. The van der Waals surface area contributed by atoms with Crippen LogP contribution >= 0.6 is 0 Å². The molecule has 0 radical (unpaired) electrons. The van der Waals surface area contributed by atoms with Gasteiger partial charge in [-0.15, -0.1) is 0 Å². The molecule has 4 heteroatoms. The van der Waals surface area contributed by atoms with Crippen LogP contribution in [0.1, 0.15) is 29.8 Å². The molecule has 4 nitrogen and oxygen atoms in total. The molecule has 1 aromatic carbocycles. The minimum atomic E-state index is -1.38. The highest BCUT2D eigenvalue weighted by atomic mass is 16.5. The highest BCUT2D eigenvalue weighted by Crippen LogP contribution is 2.21. The molecule has 2 N–H and O–H groups in total. The maximum atomic E-state index is 11.9. The summed E-state index contributed by atoms with van der Waals surface area (Å²) in [5.74, 6) is 0.285. The van der Waals surface area contributed by atoms with Crippen LogP contribution in [0, 0.1) is 6.92 Å². The highest BCUT2D eigenvalue weighted by molar-refractivity contribution is 6.02. The summed E-state index contributed by atoms with van der Waals surface area (Å²) in [5.41, 5.74) is -0.153. The number of aliphatic hydroxyl groups excluding tert-OH is 1. The Bertz CT molecular complexity index is 404. The van der Waals surface area contributed by atoms with Gasteiger partial charge in [-0.2, -0.15) is 0 Å². The van der Waals surface area contributed by atoms with Gasteiger partial charge in [0.25, 0.3) is 0 Å². The summed E-state index contributed by atoms with van der Waals surface area (Å²) < 4.78 is 5.23. The van der Waals surface area contributed by atoms with Crippen LogP contribution in [0.3, 0.4) is 0 Å². The summed E-state index contributed by atoms with van der Waals surface area (Å²) >= 11 is 0. The summed E-state index contributed by atoms with van der Waals surface area (Å²) in [6, 6.07) is 5.00. The molecule has 0 aliphatic rings. The first-order valence-electron chi connectivity index (χ1n) is 5.47. The van der Waals surface area contributed by atoms with Crippen molar-refractivity contribution in [1.29, 1.82) is 0 Å². The predicted octanol–water partition coefficient (Wildman–Crippen LogP) is 1.32. The minimum absolute atomic E-state index is 0.0522. The zero-order valence-electron chi connectivity index (χ0n) is 10.4. The minimum Gasteiger partial charge on any atom is -0.491 e. The summed E-state index contributed by atoms with van der Waals surface area (Å²) in [6.45, 7) is 4.88. The lowest BCUT2D eigenvalue weighted by Gasteiger charge is -2.17. The second-order valence-electron chi connectivity index (χ2n) is 4.44. The van der Waals surface area contributed by atoms with E-state index in [0.717, 1.165) is 5.56 Å². The molecule has 0 saturated carbocycles. The third-order valence-electron chi connectivity index (χ3n) is 2.36. The molecule has 0 spiro atoms. The summed E-state index contributed by atoms with van der Waals surface area (Å²) in [6.07, 6.45) is 0. The first kappa shape index (κ1) is 13.7. The van der Waals surface area contributed by atoms with Crippen molar-refractivity contribution in [2.45, 2.75) is 26.4 Å². The number of hydrogen-bond acceptors (Lipinski definition) is 4. The molecule has 0 bridgehead atoms. The number of aryl methyl sites for hydroxylation is 1. The van der Waals surface area contributed by atoms with E-state index in [2.05, 4.69) is 0 Å². The van der Waals surface area contributed by atoms with Crippen molar-refractivity contribution in [2.75, 3.05) is 13.2 Å². The van der Waals surface area contributed by atoms with Crippen LogP contribution in [0.5, 0.6) is 5.75 Å². The predicted molar refractivity (Wildman–Crippen MR) is 64.4 cm³/mol. The van der Waals surface area contributed by atoms with Gasteiger partial charge in [0, 0.05) is 5.56 Å². The fourth-order valence-corrected chi connectivity index (χ4v) is 1.47. The Hall–Kier alpha value is -1.39. The number of Topliss-reactive ketones (excluding diaryl/α,β-unsaturated/α-hetero) is 1. The van der Waals surface area contributed by atoms with Crippen LogP contribution < -0.4 is 4.74 Å². The quantitative estimate of drug-likeness (QED) is 0.759. The summed E-state index contributed by atoms with van der Waals surface area (Å²) in [7, 11) is 0. The number of benzene rings is 1. The van der Waals surface area contributed by atoms with E-state index in [1.807, 2.05) is 0 Å². The van der Waals surface area contributed by atoms with Gasteiger partial charge in [0.15, 0.2) is 5.78 Å². The van der Waals surface area contributed by atoms with Crippen molar-refractivity contribution in [3.63, 3.8) is 0 Å². The molecule has 0 aromatic heterocycles. The van der Waals surface area contributed by atoms with E-state index >= 15 is 0 Å². The van der Waals surface area contributed by atoms with E-state index in [1.165, 1.54) is 13.8 Å². The normalized spacial score (nSPS) is 11.4. The van der Waals surface area contributed by atoms with Gasteiger partial charge in [-0.25, -0.2) is 0 Å². The van der Waals surface area contributed by atoms with Crippen molar-refractivity contribution < 1.29 is 19.7 Å². The molecule has 0 fully saturated rings. The topological polar surface area (TPSA) is 66.8 Å². The molecule has 0 amide bonds. The Morgan fingerprint density at radius 2 is 2.06 bits per heavy atom. The number of carbonyl (C=O) groups excluding carboxylic acids is 1. The summed E-state index contributed by atoms with van der Waals surface area (Å²) in [5, 5.41) is 18.3. The Balaban J connectivity index is 2.94. The second kappa shape index (κ2) is 5.29. The van der Waals surface area contributed by atoms with Crippen molar-refractivity contribution >= 4 is 5.78 Å². The molecule has 0 saturated heterocycles. The molecule has 17 heavy (non-hydrogen) atoms. The maximum absolute atomic E-state index is 11.9. The monoisotopic (exact) mass is 238 g/mol. The molecule has 0 aliphatic heterocycles. The van der Waals surface area contributed by atoms with Crippen molar-refractivity contribution in [3.8, 4) is 5.75 Å². The lowest BCUT2D eigenvalue weighted by Crippen LogP contribution is -2.31. The third kappa shape index (κ3) is 3.54. The Morgan fingerprint density at radius 1 is 1.41 bits per heavy atom. The Kier molecular flexibility index (Phi) is 4.26. The SMILES string of the molecule is Cc1cc(OCCO)ccc1C(=O)C(C)(C)O. The molecular weight excluding hydrogens is 220 g/mol. The number of rotatable bonds is 5. The molecule has 0 atom stereocenters. The van der Waals surface area contributed by atoms with Gasteiger partial charge in [0.05, 0.1) is 6.61 Å². The van der Waals surface area contributed by atoms with Gasteiger partial charge in [-0.05, 0) is 44.5 Å². The van der Waals surface area contributed by atoms with E-state index in [1.54, 1.807) is 25.1 Å². The number of ketones is 1. The molecule has 0 heterocycles. The van der Waals surface area contributed by atoms with Crippen LogP contribution in [0.2, 0.25) is 0 Å². The number of ether oxygens (including phenoxy) is 1. The third-order valence-corrected chi connectivity index (χ3v) is 2.36. The van der Waals surface area contributed by atoms with Crippen LogP contribution in [0.15, 0.2) is 18.2 Å². The fourth-order valence-electron chi connectivity index (χ4n) is 1.47. The van der Waals surface area contributed by atoms with Crippen molar-refractivity contribution in [1.82, 2.24) is 0 Å². The molecular formula is C13H18O4. The second-order valence-corrected chi connectivity index (χ2v) is 4.44. The van der Waals surface area contributed by atoms with Crippen LogP contribution in [0.4, 0.5) is 0 Å². The largest absolute Gasteiger partial charge is 0.491 e. The number of carbonyl (C=O) groups is 1. The molecule has 0 unspecified atom stereocenters. The van der Waals surface area contributed by atoms with Gasteiger partial charge in [-0.1, -0.05) is 0 Å². The van der Waals surface area contributed by atoms with Gasteiger partial charge in [0.1, 0.15) is 18.0 Å². The molecule has 0 aliphatic carbocycles. The lowest BCUT2D eigenvalue weighted by atomic mass is 9.93. The Labute approximate surface area is 101 Å². The van der Waals surface area contributed by atoms with Crippen LogP contribution in [0.25, 0.3) is 0 Å². The zero-order valence-corrected chi connectivity index (χ0v) is 10.4. The van der Waals surface area contributed by atoms with Crippen molar-refractivity contribution in [3.05, 3.63) is 29.3 Å². The van der Waals surface area contributed by atoms with E-state index < -0.39 is 5.60 Å². The molecule has 1 rings (SSSR count). The molecule has 1 aromatic rings. The van der Waals surface area contributed by atoms with Crippen molar-refractivity contribution in [2.24, 2.45) is 0 Å². The first-order valence-corrected chi connectivity index (χ1v) is 5.47. The zero-order chi connectivity index (χ0) is 13.1. The number of aliphatic hydroxyl groups is 2. The lowest BCUT2D eigenvalue weighted by molar-refractivity contribution is 0.0487. The molecule has 94 valence electrons.